The molecule has 1 fully saturated rings. The second-order valence-electron chi connectivity index (χ2n) is 4.32. The molecule has 0 bridgehead atoms. The minimum Gasteiger partial charge on any atom is -0.394 e. The molecule has 1 atom stereocenters. The van der Waals surface area contributed by atoms with E-state index in [0.29, 0.717) is 6.54 Å². The van der Waals surface area contributed by atoms with Gasteiger partial charge in [-0.15, -0.1) is 0 Å². The van der Waals surface area contributed by atoms with E-state index in [-0.39, 0.29) is 30.3 Å². The number of nitro groups is 1. The molecule has 0 saturated carbocycles. The Bertz CT molecular complexity index is 537. The number of hydrogen-bond donors (Lipinski definition) is 1. The standard InChI is InChI=1S/C12H13ClN2O5/c13-10-3-1-2-9(11(10)15(18)19)12(17)14-4-5-20-8(6-14)7-16/h1-3,8,16H,4-7H2. The Balaban J connectivity index is 2.29. The largest absolute Gasteiger partial charge is 0.394 e. The molecular weight excluding hydrogens is 288 g/mol. The number of rotatable bonds is 3. The molecule has 1 heterocycles. The molecular formula is C12H13ClN2O5. The van der Waals surface area contributed by atoms with Crippen molar-refractivity contribution < 1.29 is 19.6 Å². The summed E-state index contributed by atoms with van der Waals surface area (Å²) in [6, 6.07) is 4.23. The van der Waals surface area contributed by atoms with Crippen LogP contribution >= 0.6 is 11.6 Å². The summed E-state index contributed by atoms with van der Waals surface area (Å²) in [7, 11) is 0. The monoisotopic (exact) mass is 300 g/mol. The second kappa shape index (κ2) is 6.17. The van der Waals surface area contributed by atoms with Gasteiger partial charge in [-0.2, -0.15) is 0 Å². The molecule has 20 heavy (non-hydrogen) atoms. The first-order valence-electron chi connectivity index (χ1n) is 5.99. The van der Waals surface area contributed by atoms with Gasteiger partial charge in [0.1, 0.15) is 10.6 Å². The van der Waals surface area contributed by atoms with E-state index < -0.39 is 22.6 Å². The molecule has 0 aromatic heterocycles. The zero-order chi connectivity index (χ0) is 14.7. The highest BCUT2D eigenvalue weighted by Gasteiger charge is 2.30. The van der Waals surface area contributed by atoms with E-state index in [1.807, 2.05) is 0 Å². The third-order valence-corrected chi connectivity index (χ3v) is 3.33. The first-order chi connectivity index (χ1) is 9.54. The molecule has 108 valence electrons. The highest BCUT2D eigenvalue weighted by atomic mass is 35.5. The molecule has 2 rings (SSSR count). The van der Waals surface area contributed by atoms with Crippen LogP contribution in [0.4, 0.5) is 5.69 Å². The number of benzene rings is 1. The van der Waals surface area contributed by atoms with Gasteiger partial charge >= 0.3 is 5.69 Å². The van der Waals surface area contributed by atoms with Crippen molar-refractivity contribution in [2.75, 3.05) is 26.3 Å². The number of aliphatic hydroxyl groups excluding tert-OH is 1. The Labute approximate surface area is 119 Å². The quantitative estimate of drug-likeness (QED) is 0.666. The van der Waals surface area contributed by atoms with Crippen LogP contribution < -0.4 is 0 Å². The first kappa shape index (κ1) is 14.7. The average molecular weight is 301 g/mol. The topological polar surface area (TPSA) is 92.9 Å². The van der Waals surface area contributed by atoms with Gasteiger partial charge in [0.05, 0.1) is 24.2 Å². The molecule has 1 aliphatic rings. The molecule has 8 heteroatoms. The number of amides is 1. The average Bonchev–Trinajstić information content (AvgIpc) is 2.45. The predicted octanol–water partition coefficient (Wildman–Crippen LogP) is 1.08. The summed E-state index contributed by atoms with van der Waals surface area (Å²) >= 11 is 5.79. The highest BCUT2D eigenvalue weighted by molar-refractivity contribution is 6.33. The van der Waals surface area contributed by atoms with Gasteiger partial charge in [0.15, 0.2) is 0 Å². The third-order valence-electron chi connectivity index (χ3n) is 3.03. The van der Waals surface area contributed by atoms with Crippen molar-refractivity contribution in [1.29, 1.82) is 0 Å². The van der Waals surface area contributed by atoms with Crippen LogP contribution in [0.3, 0.4) is 0 Å². The van der Waals surface area contributed by atoms with Crippen LogP contribution in [0.5, 0.6) is 0 Å². The summed E-state index contributed by atoms with van der Waals surface area (Å²) in [6.45, 7) is 0.588. The molecule has 0 spiro atoms. The SMILES string of the molecule is O=C(c1cccc(Cl)c1[N+](=O)[O-])N1CCOC(CO)C1. The zero-order valence-electron chi connectivity index (χ0n) is 10.5. The van der Waals surface area contributed by atoms with Crippen LogP contribution in [0, 0.1) is 10.1 Å². The van der Waals surface area contributed by atoms with Crippen molar-refractivity contribution >= 4 is 23.2 Å². The molecule has 1 unspecified atom stereocenters. The Morgan fingerprint density at radius 2 is 2.35 bits per heavy atom. The summed E-state index contributed by atoms with van der Waals surface area (Å²) < 4.78 is 5.24. The molecule has 0 radical (unpaired) electrons. The van der Waals surface area contributed by atoms with Gasteiger partial charge in [-0.05, 0) is 12.1 Å². The lowest BCUT2D eigenvalue weighted by molar-refractivity contribution is -0.385. The Morgan fingerprint density at radius 3 is 3.00 bits per heavy atom. The molecule has 1 saturated heterocycles. The van der Waals surface area contributed by atoms with E-state index in [0.717, 1.165) is 0 Å². The molecule has 0 aliphatic carbocycles. The summed E-state index contributed by atoms with van der Waals surface area (Å²) in [5.74, 6) is -0.485. The van der Waals surface area contributed by atoms with Crippen LogP contribution in [-0.2, 0) is 4.74 Å². The van der Waals surface area contributed by atoms with Crippen LogP contribution in [0.15, 0.2) is 18.2 Å². The van der Waals surface area contributed by atoms with Gasteiger partial charge in [-0.1, -0.05) is 17.7 Å². The fourth-order valence-electron chi connectivity index (χ4n) is 2.06. The minimum absolute atomic E-state index is 0.0545. The number of nitrogens with zero attached hydrogens (tertiary/aromatic N) is 2. The summed E-state index contributed by atoms with van der Waals surface area (Å²) in [4.78, 5) is 24.2. The summed E-state index contributed by atoms with van der Waals surface area (Å²) in [6.07, 6.45) is -0.467. The van der Waals surface area contributed by atoms with Gasteiger partial charge in [0, 0.05) is 13.1 Å². The number of morpholine rings is 1. The number of nitro benzene ring substituents is 1. The number of carbonyl (C=O) groups excluding carboxylic acids is 1. The summed E-state index contributed by atoms with van der Waals surface area (Å²) in [5, 5.41) is 20.0. The van der Waals surface area contributed by atoms with Crippen LogP contribution in [0.1, 0.15) is 10.4 Å². The fraction of sp³-hybridized carbons (Fsp3) is 0.417. The molecule has 1 aromatic carbocycles. The Hall–Kier alpha value is -1.70. The lowest BCUT2D eigenvalue weighted by Crippen LogP contribution is -2.47. The fourth-order valence-corrected chi connectivity index (χ4v) is 2.30. The van der Waals surface area contributed by atoms with Crippen molar-refractivity contribution in [3.8, 4) is 0 Å². The van der Waals surface area contributed by atoms with Crippen molar-refractivity contribution in [2.24, 2.45) is 0 Å². The first-order valence-corrected chi connectivity index (χ1v) is 6.37. The lowest BCUT2D eigenvalue weighted by atomic mass is 10.1. The third kappa shape index (κ3) is 2.90. The highest BCUT2D eigenvalue weighted by Crippen LogP contribution is 2.29. The number of ether oxygens (including phenoxy) is 1. The van der Waals surface area contributed by atoms with Crippen molar-refractivity contribution in [2.45, 2.75) is 6.10 Å². The van der Waals surface area contributed by atoms with Gasteiger partial charge in [0.2, 0.25) is 0 Å². The number of halogens is 1. The zero-order valence-corrected chi connectivity index (χ0v) is 11.2. The van der Waals surface area contributed by atoms with E-state index in [1.165, 1.54) is 23.1 Å². The molecule has 1 aliphatic heterocycles. The maximum atomic E-state index is 12.4. The Morgan fingerprint density at radius 1 is 1.60 bits per heavy atom. The van der Waals surface area contributed by atoms with Gasteiger partial charge in [-0.25, -0.2) is 0 Å². The van der Waals surface area contributed by atoms with Crippen molar-refractivity contribution in [3.63, 3.8) is 0 Å². The maximum Gasteiger partial charge on any atom is 0.300 e. The van der Waals surface area contributed by atoms with E-state index in [1.54, 1.807) is 0 Å². The van der Waals surface area contributed by atoms with Crippen LogP contribution in [0.25, 0.3) is 0 Å². The van der Waals surface area contributed by atoms with Crippen molar-refractivity contribution in [1.82, 2.24) is 4.90 Å². The van der Waals surface area contributed by atoms with Crippen LogP contribution in [-0.4, -0.2) is 53.2 Å². The maximum absolute atomic E-state index is 12.4. The molecule has 7 nitrogen and oxygen atoms in total. The van der Waals surface area contributed by atoms with Crippen LogP contribution in [0.2, 0.25) is 5.02 Å². The normalized spacial score (nSPS) is 18.9. The predicted molar refractivity (Wildman–Crippen MR) is 70.8 cm³/mol. The van der Waals surface area contributed by atoms with Gasteiger partial charge in [-0.3, -0.25) is 14.9 Å². The van der Waals surface area contributed by atoms with Gasteiger partial charge in [0.25, 0.3) is 5.91 Å². The van der Waals surface area contributed by atoms with Crippen molar-refractivity contribution in [3.05, 3.63) is 38.9 Å². The van der Waals surface area contributed by atoms with E-state index in [2.05, 4.69) is 0 Å². The smallest absolute Gasteiger partial charge is 0.300 e. The second-order valence-corrected chi connectivity index (χ2v) is 4.73. The molecule has 1 N–H and O–H groups in total. The van der Waals surface area contributed by atoms with E-state index in [9.17, 15) is 14.9 Å². The van der Waals surface area contributed by atoms with Gasteiger partial charge < -0.3 is 14.7 Å². The van der Waals surface area contributed by atoms with E-state index in [4.69, 9.17) is 21.4 Å². The molecule has 1 amide bonds. The number of aliphatic hydroxyl groups is 1. The lowest BCUT2D eigenvalue weighted by Gasteiger charge is -2.32. The minimum atomic E-state index is -0.667. The molecule has 1 aromatic rings. The Kier molecular flexibility index (Phi) is 4.53. The number of para-hydroxylation sites is 1. The number of hydrogen-bond acceptors (Lipinski definition) is 5. The summed E-state index contributed by atoms with van der Waals surface area (Å²) in [5.41, 5.74) is -0.452. The number of carbonyl (C=O) groups is 1. The van der Waals surface area contributed by atoms with E-state index >= 15 is 0 Å².